The Balaban J connectivity index is 1.47. The zero-order chi connectivity index (χ0) is 20.3. The number of nitrogens with zero attached hydrogens (tertiary/aromatic N) is 1. The van der Waals surface area contributed by atoms with E-state index in [2.05, 4.69) is 31.3 Å². The van der Waals surface area contributed by atoms with Gasteiger partial charge in [0.25, 0.3) is 0 Å². The van der Waals surface area contributed by atoms with Gasteiger partial charge in [-0.25, -0.2) is 4.79 Å². The van der Waals surface area contributed by atoms with Gasteiger partial charge in [0.1, 0.15) is 13.1 Å². The molecule has 3 atom stereocenters. The van der Waals surface area contributed by atoms with Gasteiger partial charge >= 0.3 is 5.97 Å². The molecule has 2 fully saturated rings. The number of hydrogen-bond donors (Lipinski definition) is 1. The molecule has 3 unspecified atom stereocenters. The molecule has 154 valence electrons. The van der Waals surface area contributed by atoms with Gasteiger partial charge < -0.3 is 14.3 Å². The maximum absolute atomic E-state index is 13.3. The molecule has 2 aliphatic rings. The van der Waals surface area contributed by atoms with E-state index in [1.54, 1.807) is 0 Å². The first-order chi connectivity index (χ1) is 14.0. The number of ether oxygens (including phenoxy) is 1. The molecule has 4 nitrogen and oxygen atoms in total. The lowest BCUT2D eigenvalue weighted by Gasteiger charge is -2.33. The van der Waals surface area contributed by atoms with Crippen LogP contribution in [-0.4, -0.2) is 41.8 Å². The molecule has 1 saturated carbocycles. The lowest BCUT2D eigenvalue weighted by molar-refractivity contribution is -0.912. The standard InChI is InChI=1S/C25H32NO3/c1-26(18-20-10-4-2-5-11-20)17-16-23(19-26)29-24(27)25(28,22-14-8-9-15-22)21-12-6-3-7-13-21/h2-7,10-13,22-23,28H,8-9,14-19H2,1H3/q+1. The van der Waals surface area contributed by atoms with E-state index in [0.29, 0.717) is 5.56 Å². The first-order valence-corrected chi connectivity index (χ1v) is 10.9. The van der Waals surface area contributed by atoms with Crippen molar-refractivity contribution in [2.45, 2.75) is 50.4 Å². The Labute approximate surface area is 173 Å². The minimum atomic E-state index is -1.54. The van der Waals surface area contributed by atoms with Crippen molar-refractivity contribution < 1.29 is 19.1 Å². The van der Waals surface area contributed by atoms with Gasteiger partial charge in [-0.15, -0.1) is 0 Å². The Bertz CT molecular complexity index is 818. The summed E-state index contributed by atoms with van der Waals surface area (Å²) in [5.74, 6) is -0.530. The summed E-state index contributed by atoms with van der Waals surface area (Å²) in [7, 11) is 2.22. The van der Waals surface area contributed by atoms with E-state index in [-0.39, 0.29) is 12.0 Å². The van der Waals surface area contributed by atoms with Gasteiger partial charge in [0.2, 0.25) is 0 Å². The average molecular weight is 395 g/mol. The third-order valence-corrected chi connectivity index (χ3v) is 6.79. The molecule has 0 amide bonds. The number of likely N-dealkylation sites (N-methyl/N-ethyl adjacent to an activating group) is 1. The molecular weight excluding hydrogens is 362 g/mol. The molecule has 1 N–H and O–H groups in total. The van der Waals surface area contributed by atoms with Crippen molar-refractivity contribution in [3.63, 3.8) is 0 Å². The summed E-state index contributed by atoms with van der Waals surface area (Å²) in [4.78, 5) is 13.3. The lowest BCUT2D eigenvalue weighted by Crippen LogP contribution is -2.46. The molecule has 4 heteroatoms. The Kier molecular flexibility index (Phi) is 5.75. The van der Waals surface area contributed by atoms with Crippen LogP contribution >= 0.6 is 0 Å². The Morgan fingerprint density at radius 3 is 2.31 bits per heavy atom. The van der Waals surface area contributed by atoms with Crippen molar-refractivity contribution in [1.29, 1.82) is 0 Å². The van der Waals surface area contributed by atoms with Crippen molar-refractivity contribution in [3.8, 4) is 0 Å². The topological polar surface area (TPSA) is 46.5 Å². The molecule has 0 radical (unpaired) electrons. The van der Waals surface area contributed by atoms with Crippen LogP contribution in [0.5, 0.6) is 0 Å². The normalized spacial score (nSPS) is 26.9. The van der Waals surface area contributed by atoms with Crippen molar-refractivity contribution in [3.05, 3.63) is 71.8 Å². The minimum Gasteiger partial charge on any atom is -0.454 e. The van der Waals surface area contributed by atoms with Gasteiger partial charge in [-0.2, -0.15) is 0 Å². The second-order valence-corrected chi connectivity index (χ2v) is 9.10. The van der Waals surface area contributed by atoms with Gasteiger partial charge in [0.15, 0.2) is 11.7 Å². The molecule has 4 rings (SSSR count). The van der Waals surface area contributed by atoms with Crippen LogP contribution in [0.1, 0.15) is 43.2 Å². The number of benzene rings is 2. The first kappa shape index (κ1) is 20.1. The average Bonchev–Trinajstić information content (AvgIpc) is 3.39. The predicted octanol–water partition coefficient (Wildman–Crippen LogP) is 4.03. The fraction of sp³-hybridized carbons (Fsp3) is 0.480. The van der Waals surface area contributed by atoms with Crippen molar-refractivity contribution >= 4 is 5.97 Å². The Morgan fingerprint density at radius 1 is 1.03 bits per heavy atom. The highest BCUT2D eigenvalue weighted by atomic mass is 16.6. The van der Waals surface area contributed by atoms with Gasteiger partial charge in [-0.05, 0) is 18.4 Å². The van der Waals surface area contributed by atoms with Gasteiger partial charge in [-0.3, -0.25) is 0 Å². The highest BCUT2D eigenvalue weighted by molar-refractivity contribution is 5.81. The van der Waals surface area contributed by atoms with E-state index in [1.807, 2.05) is 36.4 Å². The number of carbonyl (C=O) groups excluding carboxylic acids is 1. The predicted molar refractivity (Wildman–Crippen MR) is 113 cm³/mol. The number of likely N-dealkylation sites (tertiary alicyclic amines) is 1. The monoisotopic (exact) mass is 394 g/mol. The Hall–Kier alpha value is -2.17. The van der Waals surface area contributed by atoms with Crippen LogP contribution in [0.2, 0.25) is 0 Å². The summed E-state index contributed by atoms with van der Waals surface area (Å²) in [5, 5.41) is 11.6. The van der Waals surface area contributed by atoms with Gasteiger partial charge in [0.05, 0.1) is 13.6 Å². The molecule has 29 heavy (non-hydrogen) atoms. The maximum Gasteiger partial charge on any atom is 0.343 e. The number of carbonyl (C=O) groups is 1. The van der Waals surface area contributed by atoms with Crippen LogP contribution < -0.4 is 0 Å². The molecule has 2 aromatic rings. The summed E-state index contributed by atoms with van der Waals surface area (Å²) in [6.07, 6.45) is 4.54. The summed E-state index contributed by atoms with van der Waals surface area (Å²) in [5.41, 5.74) is 0.425. The minimum absolute atomic E-state index is 0.0657. The van der Waals surface area contributed by atoms with E-state index in [4.69, 9.17) is 4.74 Å². The lowest BCUT2D eigenvalue weighted by atomic mass is 9.80. The maximum atomic E-state index is 13.3. The molecule has 0 bridgehead atoms. The van der Waals surface area contributed by atoms with Crippen molar-refractivity contribution in [2.75, 3.05) is 20.1 Å². The van der Waals surface area contributed by atoms with Crippen molar-refractivity contribution in [1.82, 2.24) is 0 Å². The number of rotatable bonds is 6. The molecular formula is C25H32NO3+. The number of quaternary nitrogens is 1. The first-order valence-electron chi connectivity index (χ1n) is 10.9. The van der Waals surface area contributed by atoms with Crippen LogP contribution in [0.15, 0.2) is 60.7 Å². The molecule has 1 saturated heterocycles. The second-order valence-electron chi connectivity index (χ2n) is 9.10. The fourth-order valence-electron chi connectivity index (χ4n) is 5.19. The van der Waals surface area contributed by atoms with Crippen LogP contribution in [-0.2, 0) is 21.7 Å². The van der Waals surface area contributed by atoms with E-state index < -0.39 is 11.6 Å². The van der Waals surface area contributed by atoms with E-state index in [9.17, 15) is 9.90 Å². The third kappa shape index (κ3) is 4.24. The largest absolute Gasteiger partial charge is 0.454 e. The van der Waals surface area contributed by atoms with Crippen molar-refractivity contribution in [2.24, 2.45) is 5.92 Å². The van der Waals surface area contributed by atoms with Crippen LogP contribution in [0, 0.1) is 5.92 Å². The number of hydrogen-bond acceptors (Lipinski definition) is 3. The molecule has 1 aliphatic carbocycles. The Morgan fingerprint density at radius 2 is 1.66 bits per heavy atom. The summed E-state index contributed by atoms with van der Waals surface area (Å²) >= 11 is 0. The SMILES string of the molecule is C[N+]1(Cc2ccccc2)CCC(OC(=O)C(O)(c2ccccc2)C2CCCC2)C1. The smallest absolute Gasteiger partial charge is 0.343 e. The second kappa shape index (κ2) is 8.29. The summed E-state index contributed by atoms with van der Waals surface area (Å²) in [6.45, 7) is 2.69. The van der Waals surface area contributed by atoms with Crippen LogP contribution in [0.3, 0.4) is 0 Å². The summed E-state index contributed by atoms with van der Waals surface area (Å²) in [6, 6.07) is 19.8. The summed E-state index contributed by atoms with van der Waals surface area (Å²) < 4.78 is 6.83. The highest BCUT2D eigenvalue weighted by Crippen LogP contribution is 2.42. The quantitative estimate of drug-likeness (QED) is 0.594. The van der Waals surface area contributed by atoms with Crippen LogP contribution in [0.4, 0.5) is 0 Å². The number of esters is 1. The zero-order valence-corrected chi connectivity index (χ0v) is 17.3. The van der Waals surface area contributed by atoms with E-state index >= 15 is 0 Å². The highest BCUT2D eigenvalue weighted by Gasteiger charge is 2.49. The van der Waals surface area contributed by atoms with E-state index in [1.165, 1.54) is 5.56 Å². The molecule has 1 heterocycles. The van der Waals surface area contributed by atoms with Crippen LogP contribution in [0.25, 0.3) is 0 Å². The molecule has 0 spiro atoms. The molecule has 2 aromatic carbocycles. The van der Waals surface area contributed by atoms with E-state index in [0.717, 1.165) is 56.2 Å². The van der Waals surface area contributed by atoms with Gasteiger partial charge in [-0.1, -0.05) is 73.5 Å². The van der Waals surface area contributed by atoms with Gasteiger partial charge in [0, 0.05) is 17.9 Å². The number of aliphatic hydroxyl groups is 1. The molecule has 1 aliphatic heterocycles. The third-order valence-electron chi connectivity index (χ3n) is 6.79. The zero-order valence-electron chi connectivity index (χ0n) is 17.3. The molecule has 0 aromatic heterocycles. The fourth-order valence-corrected chi connectivity index (χ4v) is 5.19.